The second-order valence-corrected chi connectivity index (χ2v) is 7.02. The molecule has 3 N–H and O–H groups in total. The Bertz CT molecular complexity index is 1310. The van der Waals surface area contributed by atoms with Crippen LogP contribution in [0.4, 0.5) is 8.78 Å². The van der Waals surface area contributed by atoms with E-state index >= 15 is 0 Å². The Balaban J connectivity index is 1.54. The molecule has 2 aliphatic heterocycles. The number of nitrogens with zero attached hydrogens (tertiary/aromatic N) is 4. The van der Waals surface area contributed by atoms with Gasteiger partial charge < -0.3 is 15.8 Å². The van der Waals surface area contributed by atoms with Crippen LogP contribution < -0.4 is 11.1 Å². The second kappa shape index (κ2) is 7.31. The molecule has 0 spiro atoms. The van der Waals surface area contributed by atoms with Gasteiger partial charge in [0.05, 0.1) is 29.4 Å². The summed E-state index contributed by atoms with van der Waals surface area (Å²) in [5.74, 6) is -0.852. The second-order valence-electron chi connectivity index (χ2n) is 7.02. The zero-order valence-electron chi connectivity index (χ0n) is 16.0. The summed E-state index contributed by atoms with van der Waals surface area (Å²) in [6.07, 6.45) is 2.47. The number of carbonyl (C=O) groups is 1. The minimum absolute atomic E-state index is 0.0300. The number of amides is 1. The number of nitrogens with two attached hydrogens (primary N) is 1. The normalized spacial score (nSPS) is 18.9. The number of benzene rings is 2. The van der Waals surface area contributed by atoms with Crippen molar-refractivity contribution in [2.24, 2.45) is 15.7 Å². The van der Waals surface area contributed by atoms with Crippen molar-refractivity contribution < 1.29 is 18.3 Å². The lowest BCUT2D eigenvalue weighted by Crippen LogP contribution is -2.39. The van der Waals surface area contributed by atoms with Gasteiger partial charge in [-0.3, -0.25) is 9.79 Å². The van der Waals surface area contributed by atoms with Crippen LogP contribution in [0.1, 0.15) is 22.2 Å². The van der Waals surface area contributed by atoms with Gasteiger partial charge in [0.2, 0.25) is 18.1 Å². The first-order chi connectivity index (χ1) is 15.0. The molecule has 0 saturated carbocycles. The molecular weight excluding hydrogens is 406 g/mol. The lowest BCUT2D eigenvalue weighted by atomic mass is 10.1. The summed E-state index contributed by atoms with van der Waals surface area (Å²) < 4.78 is 34.6. The smallest absolute Gasteiger partial charge is 0.249 e. The molecule has 31 heavy (non-hydrogen) atoms. The highest BCUT2D eigenvalue weighted by Crippen LogP contribution is 2.26. The Morgan fingerprint density at radius 3 is 2.97 bits per heavy atom. The van der Waals surface area contributed by atoms with Gasteiger partial charge in [-0.25, -0.2) is 18.5 Å². The van der Waals surface area contributed by atoms with Crippen LogP contribution in [0, 0.1) is 11.6 Å². The summed E-state index contributed by atoms with van der Waals surface area (Å²) in [7, 11) is 0. The average molecular weight is 422 g/mol. The largest absolute Gasteiger partial charge is 0.473 e. The number of fused-ring (bicyclic) bond motifs is 2. The zero-order chi connectivity index (χ0) is 21.5. The van der Waals surface area contributed by atoms with E-state index in [4.69, 9.17) is 10.5 Å². The van der Waals surface area contributed by atoms with Gasteiger partial charge in [-0.05, 0) is 35.9 Å². The van der Waals surface area contributed by atoms with E-state index < -0.39 is 18.0 Å². The summed E-state index contributed by atoms with van der Waals surface area (Å²) >= 11 is 0. The first kappa shape index (κ1) is 18.9. The lowest BCUT2D eigenvalue weighted by molar-refractivity contribution is 0.100. The van der Waals surface area contributed by atoms with Gasteiger partial charge in [0.25, 0.3) is 0 Å². The van der Waals surface area contributed by atoms with Gasteiger partial charge in [0.1, 0.15) is 24.1 Å². The average Bonchev–Trinajstić information content (AvgIpc) is 3.38. The monoisotopic (exact) mass is 422 g/mol. The van der Waals surface area contributed by atoms with Gasteiger partial charge in [0.15, 0.2) is 0 Å². The van der Waals surface area contributed by atoms with E-state index in [9.17, 15) is 13.6 Å². The van der Waals surface area contributed by atoms with E-state index in [0.717, 1.165) is 6.07 Å². The number of ether oxygens (including phenoxy) is 1. The van der Waals surface area contributed by atoms with E-state index in [1.165, 1.54) is 29.1 Å². The highest BCUT2D eigenvalue weighted by Gasteiger charge is 2.30. The van der Waals surface area contributed by atoms with Crippen LogP contribution in [-0.2, 0) is 11.3 Å². The van der Waals surface area contributed by atoms with E-state index in [0.29, 0.717) is 40.4 Å². The van der Waals surface area contributed by atoms with Crippen molar-refractivity contribution in [1.82, 2.24) is 15.1 Å². The standard InChI is InChI=1S/C21H16F2N6O2/c22-12-3-1-2-11(6-12)9-25-19-14-4-5-31-20(14)28-21(27-19)29-17-8-13(23)7-15(18(24)30)16(17)10-26-29/h1-4,6-8,10,21H,5,9H2,(H2,24,30)(H,25,27). The molecule has 5 rings (SSSR count). The molecule has 0 bridgehead atoms. The minimum Gasteiger partial charge on any atom is -0.473 e. The van der Waals surface area contributed by atoms with E-state index in [-0.39, 0.29) is 17.9 Å². The molecule has 1 aromatic heterocycles. The number of hydrogen-bond donors (Lipinski definition) is 2. The molecule has 0 radical (unpaired) electrons. The predicted molar refractivity (Wildman–Crippen MR) is 109 cm³/mol. The Morgan fingerprint density at radius 1 is 1.29 bits per heavy atom. The number of amidine groups is 1. The third-order valence-corrected chi connectivity index (χ3v) is 4.99. The quantitative estimate of drug-likeness (QED) is 0.673. The lowest BCUT2D eigenvalue weighted by Gasteiger charge is -2.24. The molecule has 0 aliphatic carbocycles. The Kier molecular flexibility index (Phi) is 4.46. The van der Waals surface area contributed by atoms with Crippen LogP contribution in [0.3, 0.4) is 0 Å². The van der Waals surface area contributed by atoms with Crippen LogP contribution >= 0.6 is 0 Å². The van der Waals surface area contributed by atoms with Gasteiger partial charge in [-0.2, -0.15) is 5.10 Å². The first-order valence-corrected chi connectivity index (χ1v) is 9.43. The minimum atomic E-state index is -0.795. The van der Waals surface area contributed by atoms with E-state index in [1.54, 1.807) is 12.1 Å². The molecule has 2 aliphatic rings. The number of rotatable bonds is 4. The number of aliphatic imine (C=N–C) groups is 2. The van der Waals surface area contributed by atoms with E-state index in [1.807, 2.05) is 6.08 Å². The molecule has 8 nitrogen and oxygen atoms in total. The Labute approximate surface area is 174 Å². The maximum atomic E-state index is 14.1. The number of halogens is 2. The number of carbonyl (C=O) groups excluding carboxylic acids is 1. The molecule has 156 valence electrons. The highest BCUT2D eigenvalue weighted by molar-refractivity contribution is 6.23. The summed E-state index contributed by atoms with van der Waals surface area (Å²) in [6, 6.07) is 8.50. The summed E-state index contributed by atoms with van der Waals surface area (Å²) in [5.41, 5.74) is 7.13. The van der Waals surface area contributed by atoms with Crippen LogP contribution in [-0.4, -0.2) is 34.0 Å². The van der Waals surface area contributed by atoms with Crippen molar-refractivity contribution in [3.63, 3.8) is 0 Å². The van der Waals surface area contributed by atoms with Crippen LogP contribution in [0.2, 0.25) is 0 Å². The van der Waals surface area contributed by atoms with Crippen molar-refractivity contribution >= 4 is 28.5 Å². The molecule has 2 aromatic carbocycles. The number of hydrogen-bond acceptors (Lipinski definition) is 5. The highest BCUT2D eigenvalue weighted by atomic mass is 19.1. The molecular formula is C21H16F2N6O2. The molecule has 0 saturated heterocycles. The number of aromatic nitrogens is 2. The Morgan fingerprint density at radius 2 is 2.16 bits per heavy atom. The van der Waals surface area contributed by atoms with Crippen LogP contribution in [0.15, 0.2) is 64.2 Å². The van der Waals surface area contributed by atoms with Crippen molar-refractivity contribution in [3.8, 4) is 0 Å². The summed E-state index contributed by atoms with van der Waals surface area (Å²) in [6.45, 7) is 0.569. The maximum absolute atomic E-state index is 14.1. The fourth-order valence-electron chi connectivity index (χ4n) is 3.58. The fourth-order valence-corrected chi connectivity index (χ4v) is 3.58. The summed E-state index contributed by atoms with van der Waals surface area (Å²) in [4.78, 5) is 20.8. The number of nitrogens with one attached hydrogen (secondary N) is 1. The molecule has 1 unspecified atom stereocenters. The van der Waals surface area contributed by atoms with Crippen molar-refractivity contribution in [1.29, 1.82) is 0 Å². The SMILES string of the molecule is NC(=O)c1cc(F)cc2c1cnn2C1N=C2OCC=C2C(=NCc2cccc(F)c2)N1. The van der Waals surface area contributed by atoms with Crippen LogP contribution in [0.5, 0.6) is 0 Å². The zero-order valence-corrected chi connectivity index (χ0v) is 16.0. The van der Waals surface area contributed by atoms with Gasteiger partial charge in [-0.1, -0.05) is 12.1 Å². The molecule has 0 fully saturated rings. The molecule has 3 aromatic rings. The topological polar surface area (TPSA) is 107 Å². The van der Waals surface area contributed by atoms with Gasteiger partial charge >= 0.3 is 0 Å². The fraction of sp³-hybridized carbons (Fsp3) is 0.143. The molecule has 1 amide bonds. The predicted octanol–water partition coefficient (Wildman–Crippen LogP) is 2.43. The molecule has 1 atom stereocenters. The van der Waals surface area contributed by atoms with Crippen molar-refractivity contribution in [3.05, 3.63) is 77.0 Å². The third kappa shape index (κ3) is 3.41. The number of primary amides is 1. The molecule has 10 heteroatoms. The van der Waals surface area contributed by atoms with Crippen molar-refractivity contribution in [2.45, 2.75) is 12.8 Å². The van der Waals surface area contributed by atoms with Crippen LogP contribution in [0.25, 0.3) is 10.9 Å². The maximum Gasteiger partial charge on any atom is 0.249 e. The van der Waals surface area contributed by atoms with Crippen molar-refractivity contribution in [2.75, 3.05) is 6.61 Å². The third-order valence-electron chi connectivity index (χ3n) is 4.99. The molecule has 3 heterocycles. The Hall–Kier alpha value is -4.08. The van der Waals surface area contributed by atoms with Gasteiger partial charge in [-0.15, -0.1) is 0 Å². The van der Waals surface area contributed by atoms with E-state index in [2.05, 4.69) is 20.4 Å². The van der Waals surface area contributed by atoms with Gasteiger partial charge in [0, 0.05) is 5.39 Å². The first-order valence-electron chi connectivity index (χ1n) is 9.43. The summed E-state index contributed by atoms with van der Waals surface area (Å²) in [5, 5.41) is 7.83.